The molecular formula is C28H35F2N3O3. The maximum absolute atomic E-state index is 14.3. The van der Waals surface area contributed by atoms with E-state index in [2.05, 4.69) is 10.2 Å². The molecule has 0 spiro atoms. The Labute approximate surface area is 211 Å². The van der Waals surface area contributed by atoms with Gasteiger partial charge in [0.05, 0.1) is 18.8 Å². The van der Waals surface area contributed by atoms with E-state index >= 15 is 0 Å². The van der Waals surface area contributed by atoms with E-state index in [1.54, 1.807) is 23.1 Å². The minimum Gasteiger partial charge on any atom is -0.450 e. The summed E-state index contributed by atoms with van der Waals surface area (Å²) < 4.78 is 33.0. The lowest BCUT2D eigenvalue weighted by molar-refractivity contribution is -0.120. The van der Waals surface area contributed by atoms with Crippen LogP contribution in [-0.4, -0.2) is 56.2 Å². The number of carbonyl (C=O) groups is 2. The van der Waals surface area contributed by atoms with Crippen LogP contribution in [0.3, 0.4) is 0 Å². The number of hydrogen-bond acceptors (Lipinski definition) is 4. The van der Waals surface area contributed by atoms with Gasteiger partial charge in [-0.15, -0.1) is 0 Å². The molecule has 4 rings (SSSR count). The van der Waals surface area contributed by atoms with E-state index in [1.165, 1.54) is 24.3 Å². The van der Waals surface area contributed by atoms with E-state index in [-0.39, 0.29) is 29.6 Å². The second-order valence-electron chi connectivity index (χ2n) is 9.67. The Hall–Kier alpha value is -3.00. The fourth-order valence-electron chi connectivity index (χ4n) is 5.30. The van der Waals surface area contributed by atoms with Crippen molar-refractivity contribution in [3.63, 3.8) is 0 Å². The van der Waals surface area contributed by atoms with Crippen molar-refractivity contribution < 1.29 is 23.1 Å². The van der Waals surface area contributed by atoms with Crippen LogP contribution in [0.25, 0.3) is 0 Å². The summed E-state index contributed by atoms with van der Waals surface area (Å²) in [5.41, 5.74) is 2.49. The summed E-state index contributed by atoms with van der Waals surface area (Å²) in [6.45, 7) is 5.23. The van der Waals surface area contributed by atoms with Crippen molar-refractivity contribution in [3.8, 4) is 0 Å². The number of benzene rings is 2. The topological polar surface area (TPSA) is 61.9 Å². The smallest absolute Gasteiger partial charge is 0.407 e. The molecule has 1 unspecified atom stereocenters. The first-order chi connectivity index (χ1) is 17.4. The summed E-state index contributed by atoms with van der Waals surface area (Å²) in [7, 11) is 0. The third-order valence-electron chi connectivity index (χ3n) is 7.25. The molecule has 0 aliphatic carbocycles. The van der Waals surface area contributed by atoms with Crippen LogP contribution >= 0.6 is 0 Å². The van der Waals surface area contributed by atoms with Gasteiger partial charge in [-0.2, -0.15) is 0 Å². The van der Waals surface area contributed by atoms with Crippen LogP contribution in [0.2, 0.25) is 0 Å². The molecule has 1 atom stereocenters. The van der Waals surface area contributed by atoms with Gasteiger partial charge in [0.1, 0.15) is 11.6 Å². The predicted molar refractivity (Wildman–Crippen MR) is 135 cm³/mol. The highest BCUT2D eigenvalue weighted by Gasteiger charge is 2.30. The quantitative estimate of drug-likeness (QED) is 0.578. The number of amides is 2. The fraction of sp³-hybridized carbons (Fsp3) is 0.500. The van der Waals surface area contributed by atoms with Gasteiger partial charge in [-0.1, -0.05) is 18.2 Å². The van der Waals surface area contributed by atoms with Gasteiger partial charge in [-0.05, 0) is 93.4 Å². The number of nitrogens with one attached hydrogen (secondary N) is 1. The number of halogens is 2. The maximum Gasteiger partial charge on any atom is 0.407 e. The maximum atomic E-state index is 14.3. The highest BCUT2D eigenvalue weighted by molar-refractivity contribution is 5.96. The summed E-state index contributed by atoms with van der Waals surface area (Å²) >= 11 is 0. The molecule has 2 heterocycles. The number of likely N-dealkylation sites (tertiary alicyclic amines) is 1. The normalized spacial score (nSPS) is 18.9. The number of carbonyl (C=O) groups excluding carboxylic acids is 2. The number of rotatable bonds is 7. The van der Waals surface area contributed by atoms with E-state index in [0.717, 1.165) is 56.3 Å². The summed E-state index contributed by atoms with van der Waals surface area (Å²) in [5.74, 6) is -0.241. The van der Waals surface area contributed by atoms with Gasteiger partial charge in [-0.25, -0.2) is 13.6 Å². The summed E-state index contributed by atoms with van der Waals surface area (Å²) in [5, 5.41) is 2.62. The van der Waals surface area contributed by atoms with Gasteiger partial charge in [0.15, 0.2) is 0 Å². The Bertz CT molecular complexity index is 1040. The highest BCUT2D eigenvalue weighted by atomic mass is 19.1. The van der Waals surface area contributed by atoms with Crippen LogP contribution in [-0.2, 0) is 9.53 Å². The van der Waals surface area contributed by atoms with Gasteiger partial charge < -0.3 is 15.0 Å². The van der Waals surface area contributed by atoms with E-state index in [9.17, 15) is 18.4 Å². The molecule has 6 nitrogen and oxygen atoms in total. The Morgan fingerprint density at radius 3 is 2.44 bits per heavy atom. The molecule has 1 fully saturated rings. The standard InChI is InChI=1S/C28H35F2N3O3/c1-2-31-28(35)36-17-13-20-11-15-32(16-12-20)19-27(34)33-14-3-4-24(21-5-7-22(29)8-6-21)25-10-9-23(30)18-26(25)33/h5-10,18,20,24H,2-4,11-17,19H2,1H3,(H,31,35). The van der Waals surface area contributed by atoms with E-state index in [4.69, 9.17) is 4.74 Å². The molecule has 8 heteroatoms. The number of alkyl carbamates (subject to hydrolysis) is 1. The first kappa shape index (κ1) is 26.1. The molecule has 2 aromatic carbocycles. The molecule has 0 radical (unpaired) electrons. The number of hydrogen-bond donors (Lipinski definition) is 1. The van der Waals surface area contributed by atoms with Crippen molar-refractivity contribution in [1.82, 2.24) is 10.2 Å². The number of fused-ring (bicyclic) bond motifs is 1. The third-order valence-corrected chi connectivity index (χ3v) is 7.25. The zero-order chi connectivity index (χ0) is 25.5. The van der Waals surface area contributed by atoms with Crippen LogP contribution in [0, 0.1) is 17.6 Å². The lowest BCUT2D eigenvalue weighted by atomic mass is 9.87. The van der Waals surface area contributed by atoms with Crippen molar-refractivity contribution in [2.45, 2.75) is 44.9 Å². The Balaban J connectivity index is 1.37. The molecule has 2 aromatic rings. The van der Waals surface area contributed by atoms with Crippen LogP contribution < -0.4 is 10.2 Å². The largest absolute Gasteiger partial charge is 0.450 e. The van der Waals surface area contributed by atoms with E-state index < -0.39 is 0 Å². The molecule has 0 bridgehead atoms. The van der Waals surface area contributed by atoms with Gasteiger partial charge >= 0.3 is 6.09 Å². The second kappa shape index (κ2) is 12.3. The molecule has 2 amide bonds. The number of piperidine rings is 1. The first-order valence-corrected chi connectivity index (χ1v) is 12.9. The molecule has 1 N–H and O–H groups in total. The molecule has 2 aliphatic rings. The fourth-order valence-corrected chi connectivity index (χ4v) is 5.30. The lowest BCUT2D eigenvalue weighted by Gasteiger charge is -2.33. The Morgan fingerprint density at radius 2 is 1.72 bits per heavy atom. The minimum atomic E-state index is -0.378. The second-order valence-corrected chi connectivity index (χ2v) is 9.67. The van der Waals surface area contributed by atoms with Gasteiger partial charge in [0, 0.05) is 19.0 Å². The van der Waals surface area contributed by atoms with Crippen molar-refractivity contribution >= 4 is 17.7 Å². The number of anilines is 1. The predicted octanol–water partition coefficient (Wildman–Crippen LogP) is 5.07. The molecule has 1 saturated heterocycles. The van der Waals surface area contributed by atoms with Gasteiger partial charge in [0.2, 0.25) is 5.91 Å². The number of nitrogens with zero attached hydrogens (tertiary/aromatic N) is 2. The third kappa shape index (κ3) is 6.60. The van der Waals surface area contributed by atoms with Crippen LogP contribution in [0.4, 0.5) is 19.3 Å². The van der Waals surface area contributed by atoms with Gasteiger partial charge in [-0.3, -0.25) is 9.69 Å². The van der Waals surface area contributed by atoms with Crippen LogP contribution in [0.1, 0.15) is 56.1 Å². The van der Waals surface area contributed by atoms with Gasteiger partial charge in [0.25, 0.3) is 0 Å². The average Bonchev–Trinajstić information content (AvgIpc) is 3.05. The zero-order valence-electron chi connectivity index (χ0n) is 20.8. The Kier molecular flexibility index (Phi) is 8.91. The van der Waals surface area contributed by atoms with Crippen molar-refractivity contribution in [2.75, 3.05) is 44.2 Å². The summed E-state index contributed by atoms with van der Waals surface area (Å²) in [4.78, 5) is 28.7. The molecule has 2 aliphatic heterocycles. The Morgan fingerprint density at radius 1 is 1.00 bits per heavy atom. The van der Waals surface area contributed by atoms with E-state index in [1.807, 2.05) is 6.92 Å². The average molecular weight is 500 g/mol. The molecule has 194 valence electrons. The molecule has 0 aromatic heterocycles. The lowest BCUT2D eigenvalue weighted by Crippen LogP contribution is -2.44. The summed E-state index contributed by atoms with van der Waals surface area (Å²) in [6, 6.07) is 11.1. The molecule has 0 saturated carbocycles. The first-order valence-electron chi connectivity index (χ1n) is 12.9. The molecule has 36 heavy (non-hydrogen) atoms. The SMILES string of the molecule is CCNC(=O)OCCC1CCN(CC(=O)N2CCCC(c3ccc(F)cc3)c3ccc(F)cc32)CC1. The zero-order valence-corrected chi connectivity index (χ0v) is 20.8. The van der Waals surface area contributed by atoms with E-state index in [0.29, 0.717) is 37.8 Å². The summed E-state index contributed by atoms with van der Waals surface area (Å²) in [6.07, 6.45) is 3.92. The van der Waals surface area contributed by atoms with Crippen molar-refractivity contribution in [3.05, 3.63) is 65.2 Å². The van der Waals surface area contributed by atoms with Crippen molar-refractivity contribution in [2.24, 2.45) is 5.92 Å². The molecular weight excluding hydrogens is 464 g/mol. The minimum absolute atomic E-state index is 0.0172. The van der Waals surface area contributed by atoms with Crippen LogP contribution in [0.15, 0.2) is 42.5 Å². The number of ether oxygens (including phenoxy) is 1. The van der Waals surface area contributed by atoms with Crippen LogP contribution in [0.5, 0.6) is 0 Å². The monoisotopic (exact) mass is 499 g/mol. The highest BCUT2D eigenvalue weighted by Crippen LogP contribution is 2.39. The van der Waals surface area contributed by atoms with Crippen molar-refractivity contribution in [1.29, 1.82) is 0 Å².